The topological polar surface area (TPSA) is 65.7 Å². The molecule has 0 aliphatic carbocycles. The van der Waals surface area contributed by atoms with Crippen LogP contribution in [0.25, 0.3) is 22.4 Å². The molecule has 3 aromatic rings. The number of hydrogen-bond donors (Lipinski definition) is 2. The summed E-state index contributed by atoms with van der Waals surface area (Å²) in [5, 5.41) is 0. The number of benzene rings is 2. The lowest BCUT2D eigenvalue weighted by Gasteiger charge is -2.09. The van der Waals surface area contributed by atoms with E-state index in [9.17, 15) is 9.59 Å². The molecule has 1 aromatic heterocycles. The monoisotopic (exact) mass is 310 g/mol. The molecule has 110 valence electrons. The molecule has 22 heavy (non-hydrogen) atoms. The molecular weight excluding hydrogens is 296 g/mol. The molecular formula is C17H14N2O2S. The van der Waals surface area contributed by atoms with Crippen molar-refractivity contribution >= 4 is 11.8 Å². The van der Waals surface area contributed by atoms with Crippen LogP contribution in [0.2, 0.25) is 0 Å². The van der Waals surface area contributed by atoms with Gasteiger partial charge < -0.3 is 4.98 Å². The zero-order chi connectivity index (χ0) is 15.5. The van der Waals surface area contributed by atoms with Crippen LogP contribution in [0.1, 0.15) is 0 Å². The van der Waals surface area contributed by atoms with Crippen LogP contribution >= 0.6 is 11.8 Å². The van der Waals surface area contributed by atoms with Gasteiger partial charge >= 0.3 is 5.69 Å². The number of H-pyrrole nitrogens is 2. The molecule has 0 aliphatic rings. The molecule has 2 aromatic carbocycles. The highest BCUT2D eigenvalue weighted by Gasteiger charge is 2.13. The second-order valence-corrected chi connectivity index (χ2v) is 5.63. The summed E-state index contributed by atoms with van der Waals surface area (Å²) in [6.45, 7) is 0. The Morgan fingerprint density at radius 1 is 0.818 bits per heavy atom. The van der Waals surface area contributed by atoms with Gasteiger partial charge in [0.05, 0.1) is 11.3 Å². The second kappa shape index (κ2) is 6.07. The van der Waals surface area contributed by atoms with E-state index >= 15 is 0 Å². The van der Waals surface area contributed by atoms with Gasteiger partial charge in [0.15, 0.2) is 0 Å². The first-order valence-corrected chi connectivity index (χ1v) is 7.98. The van der Waals surface area contributed by atoms with Gasteiger partial charge in [-0.1, -0.05) is 42.5 Å². The van der Waals surface area contributed by atoms with Crippen LogP contribution in [-0.4, -0.2) is 16.2 Å². The van der Waals surface area contributed by atoms with E-state index in [1.807, 2.05) is 60.9 Å². The predicted molar refractivity (Wildman–Crippen MR) is 90.3 cm³/mol. The molecule has 0 spiro atoms. The standard InChI is InChI=1S/C17H14N2O2S/c1-22-13-9-7-11(8-10-13)14-15(12-5-3-2-4-6-12)18-17(21)19-16(14)20/h2-10H,1H3,(H2,18,19,20,21). The Labute approximate surface area is 131 Å². The third-order valence-corrected chi connectivity index (χ3v) is 4.13. The van der Waals surface area contributed by atoms with E-state index in [0.717, 1.165) is 16.0 Å². The summed E-state index contributed by atoms with van der Waals surface area (Å²) < 4.78 is 0. The zero-order valence-electron chi connectivity index (χ0n) is 11.9. The Bertz CT molecular complexity index is 896. The lowest BCUT2D eigenvalue weighted by molar-refractivity contribution is 1.04. The first kappa shape index (κ1) is 14.4. The molecule has 5 heteroatoms. The molecule has 1 heterocycles. The highest BCUT2D eigenvalue weighted by Crippen LogP contribution is 2.27. The van der Waals surface area contributed by atoms with Gasteiger partial charge in [-0.3, -0.25) is 9.78 Å². The molecule has 3 rings (SSSR count). The minimum Gasteiger partial charge on any atom is -0.306 e. The SMILES string of the molecule is CSc1ccc(-c2c(-c3ccccc3)[nH]c(=O)[nH]c2=O)cc1. The molecule has 0 radical (unpaired) electrons. The Hall–Kier alpha value is -2.53. The fourth-order valence-electron chi connectivity index (χ4n) is 2.34. The van der Waals surface area contributed by atoms with Crippen LogP contribution in [0.3, 0.4) is 0 Å². The largest absolute Gasteiger partial charge is 0.326 e. The van der Waals surface area contributed by atoms with Crippen molar-refractivity contribution in [2.24, 2.45) is 0 Å². The number of hydrogen-bond acceptors (Lipinski definition) is 3. The third kappa shape index (κ3) is 2.76. The molecule has 4 nitrogen and oxygen atoms in total. The Balaban J connectivity index is 2.26. The van der Waals surface area contributed by atoms with Gasteiger partial charge in [-0.2, -0.15) is 0 Å². The Morgan fingerprint density at radius 3 is 2.14 bits per heavy atom. The van der Waals surface area contributed by atoms with Crippen LogP contribution in [0, 0.1) is 0 Å². The first-order valence-electron chi connectivity index (χ1n) is 6.75. The van der Waals surface area contributed by atoms with Crippen molar-refractivity contribution < 1.29 is 0 Å². The quantitative estimate of drug-likeness (QED) is 0.731. The van der Waals surface area contributed by atoms with Gasteiger partial charge in [0, 0.05) is 4.90 Å². The molecule has 0 amide bonds. The van der Waals surface area contributed by atoms with E-state index in [4.69, 9.17) is 0 Å². The van der Waals surface area contributed by atoms with Gasteiger partial charge in [0.2, 0.25) is 0 Å². The van der Waals surface area contributed by atoms with Gasteiger partial charge in [-0.15, -0.1) is 11.8 Å². The summed E-state index contributed by atoms with van der Waals surface area (Å²) in [6.07, 6.45) is 2.00. The van der Waals surface area contributed by atoms with Gasteiger partial charge in [-0.25, -0.2) is 4.79 Å². The van der Waals surface area contributed by atoms with Crippen molar-refractivity contribution in [1.82, 2.24) is 9.97 Å². The van der Waals surface area contributed by atoms with Crippen molar-refractivity contribution in [3.8, 4) is 22.4 Å². The van der Waals surface area contributed by atoms with E-state index in [1.165, 1.54) is 0 Å². The first-order chi connectivity index (χ1) is 10.7. The van der Waals surface area contributed by atoms with E-state index in [-0.39, 0.29) is 5.56 Å². The van der Waals surface area contributed by atoms with Crippen LogP contribution in [0.15, 0.2) is 69.1 Å². The summed E-state index contributed by atoms with van der Waals surface area (Å²) in [6, 6.07) is 17.1. The third-order valence-electron chi connectivity index (χ3n) is 3.38. The maximum Gasteiger partial charge on any atom is 0.326 e. The van der Waals surface area contributed by atoms with Crippen molar-refractivity contribution in [3.63, 3.8) is 0 Å². The smallest absolute Gasteiger partial charge is 0.306 e. The van der Waals surface area contributed by atoms with Crippen molar-refractivity contribution in [1.29, 1.82) is 0 Å². The summed E-state index contributed by atoms with van der Waals surface area (Å²) in [5.74, 6) is 0. The molecule has 0 aliphatic heterocycles. The fourth-order valence-corrected chi connectivity index (χ4v) is 2.75. The molecule has 0 bridgehead atoms. The van der Waals surface area contributed by atoms with Gasteiger partial charge in [0.25, 0.3) is 5.56 Å². The van der Waals surface area contributed by atoms with Crippen molar-refractivity contribution in [3.05, 3.63) is 75.4 Å². The molecule has 2 N–H and O–H groups in total. The van der Waals surface area contributed by atoms with Crippen LogP contribution in [0.5, 0.6) is 0 Å². The summed E-state index contributed by atoms with van der Waals surface area (Å²) in [4.78, 5) is 30.1. The lowest BCUT2D eigenvalue weighted by atomic mass is 10.0. The van der Waals surface area contributed by atoms with Gasteiger partial charge in [0.1, 0.15) is 0 Å². The lowest BCUT2D eigenvalue weighted by Crippen LogP contribution is -2.24. The van der Waals surface area contributed by atoms with Gasteiger partial charge in [-0.05, 0) is 29.5 Å². The van der Waals surface area contributed by atoms with E-state index in [1.54, 1.807) is 11.8 Å². The van der Waals surface area contributed by atoms with E-state index < -0.39 is 5.69 Å². The number of rotatable bonds is 3. The average Bonchev–Trinajstić information content (AvgIpc) is 2.55. The van der Waals surface area contributed by atoms with Crippen molar-refractivity contribution in [2.45, 2.75) is 4.90 Å². The molecule has 0 saturated carbocycles. The summed E-state index contributed by atoms with van der Waals surface area (Å²) >= 11 is 1.64. The van der Waals surface area contributed by atoms with Crippen molar-refractivity contribution in [2.75, 3.05) is 6.26 Å². The van der Waals surface area contributed by atoms with Crippen LogP contribution in [0.4, 0.5) is 0 Å². The predicted octanol–water partition coefficient (Wildman–Crippen LogP) is 3.12. The second-order valence-electron chi connectivity index (χ2n) is 4.75. The highest BCUT2D eigenvalue weighted by molar-refractivity contribution is 7.98. The Morgan fingerprint density at radius 2 is 1.50 bits per heavy atom. The molecule has 0 atom stereocenters. The Kier molecular flexibility index (Phi) is 3.98. The van der Waals surface area contributed by atoms with Crippen LogP contribution < -0.4 is 11.2 Å². The average molecular weight is 310 g/mol. The molecule has 0 unspecified atom stereocenters. The number of nitrogens with one attached hydrogen (secondary N) is 2. The maximum absolute atomic E-state index is 12.3. The number of aromatic amines is 2. The molecule has 0 saturated heterocycles. The minimum atomic E-state index is -0.506. The fraction of sp³-hybridized carbons (Fsp3) is 0.0588. The molecule has 0 fully saturated rings. The number of thioether (sulfide) groups is 1. The minimum absolute atomic E-state index is 0.389. The normalized spacial score (nSPS) is 10.6. The maximum atomic E-state index is 12.3. The highest BCUT2D eigenvalue weighted by atomic mass is 32.2. The van der Waals surface area contributed by atoms with E-state index in [2.05, 4.69) is 9.97 Å². The van der Waals surface area contributed by atoms with E-state index in [0.29, 0.717) is 11.3 Å². The number of aromatic nitrogens is 2. The summed E-state index contributed by atoms with van der Waals surface area (Å²) in [7, 11) is 0. The zero-order valence-corrected chi connectivity index (χ0v) is 12.7. The van der Waals surface area contributed by atoms with Crippen LogP contribution in [-0.2, 0) is 0 Å². The summed E-state index contributed by atoms with van der Waals surface area (Å²) in [5.41, 5.74) is 1.68.